The summed E-state index contributed by atoms with van der Waals surface area (Å²) in [5.41, 5.74) is 0.942. The van der Waals surface area contributed by atoms with Gasteiger partial charge in [0.2, 0.25) is 6.29 Å². The van der Waals surface area contributed by atoms with Gasteiger partial charge in [-0.15, -0.1) is 0 Å². The van der Waals surface area contributed by atoms with Gasteiger partial charge in [-0.1, -0.05) is 24.3 Å². The van der Waals surface area contributed by atoms with Crippen molar-refractivity contribution in [2.24, 2.45) is 0 Å². The SMILES string of the molecule is OC[C@H]1OC(Oc2c(O)cc(O)cc2C=Cc2ccc(O)cc2)[C@H](O)[C@@H](O)[C@@H]1O. The fourth-order valence-electron chi connectivity index (χ4n) is 2.92. The molecule has 1 fully saturated rings. The average Bonchev–Trinajstić information content (AvgIpc) is 2.69. The molecule has 5 atom stereocenters. The molecule has 1 saturated heterocycles. The van der Waals surface area contributed by atoms with Crippen molar-refractivity contribution in [2.45, 2.75) is 30.7 Å². The molecule has 3 rings (SSSR count). The number of rotatable bonds is 5. The molecule has 29 heavy (non-hydrogen) atoms. The van der Waals surface area contributed by atoms with E-state index in [1.807, 2.05) is 0 Å². The van der Waals surface area contributed by atoms with E-state index >= 15 is 0 Å². The third-order valence-electron chi connectivity index (χ3n) is 4.51. The van der Waals surface area contributed by atoms with E-state index in [0.29, 0.717) is 5.56 Å². The van der Waals surface area contributed by atoms with Gasteiger partial charge in [-0.3, -0.25) is 0 Å². The highest BCUT2D eigenvalue weighted by Gasteiger charge is 2.45. The van der Waals surface area contributed by atoms with Crippen molar-refractivity contribution in [3.8, 4) is 23.0 Å². The molecule has 0 spiro atoms. The predicted molar refractivity (Wildman–Crippen MR) is 101 cm³/mol. The van der Waals surface area contributed by atoms with Crippen LogP contribution in [-0.4, -0.2) is 73.1 Å². The van der Waals surface area contributed by atoms with Crippen LogP contribution in [0.15, 0.2) is 36.4 Å². The smallest absolute Gasteiger partial charge is 0.229 e. The van der Waals surface area contributed by atoms with E-state index in [-0.39, 0.29) is 22.8 Å². The van der Waals surface area contributed by atoms with Crippen LogP contribution in [0.25, 0.3) is 12.2 Å². The lowest BCUT2D eigenvalue weighted by Gasteiger charge is -2.39. The van der Waals surface area contributed by atoms with E-state index in [2.05, 4.69) is 0 Å². The summed E-state index contributed by atoms with van der Waals surface area (Å²) in [4.78, 5) is 0. The van der Waals surface area contributed by atoms with E-state index in [9.17, 15) is 35.7 Å². The number of aliphatic hydroxyl groups is 4. The van der Waals surface area contributed by atoms with Crippen LogP contribution in [0.2, 0.25) is 0 Å². The van der Waals surface area contributed by atoms with Gasteiger partial charge in [0.05, 0.1) is 6.61 Å². The number of benzene rings is 2. The number of ether oxygens (including phenoxy) is 2. The second kappa shape index (κ2) is 8.68. The Labute approximate surface area is 165 Å². The molecule has 1 unspecified atom stereocenters. The van der Waals surface area contributed by atoms with Gasteiger partial charge in [0.15, 0.2) is 11.5 Å². The molecule has 0 bridgehead atoms. The molecular formula is C20H22O9. The van der Waals surface area contributed by atoms with Crippen LogP contribution in [0.1, 0.15) is 11.1 Å². The fourth-order valence-corrected chi connectivity index (χ4v) is 2.92. The first kappa shape index (κ1) is 20.9. The number of aliphatic hydroxyl groups excluding tert-OH is 4. The lowest BCUT2D eigenvalue weighted by molar-refractivity contribution is -0.277. The van der Waals surface area contributed by atoms with Crippen LogP contribution in [0.4, 0.5) is 0 Å². The number of phenols is 3. The topological polar surface area (TPSA) is 160 Å². The van der Waals surface area contributed by atoms with Gasteiger partial charge in [0.25, 0.3) is 0 Å². The zero-order valence-corrected chi connectivity index (χ0v) is 15.2. The maximum Gasteiger partial charge on any atom is 0.229 e. The Kier molecular flexibility index (Phi) is 6.26. The minimum Gasteiger partial charge on any atom is -0.508 e. The van der Waals surface area contributed by atoms with Crippen molar-refractivity contribution in [1.82, 2.24) is 0 Å². The third-order valence-corrected chi connectivity index (χ3v) is 4.51. The van der Waals surface area contributed by atoms with Gasteiger partial charge in [-0.05, 0) is 23.8 Å². The van der Waals surface area contributed by atoms with E-state index in [4.69, 9.17) is 9.47 Å². The zero-order valence-electron chi connectivity index (χ0n) is 15.2. The van der Waals surface area contributed by atoms with Crippen LogP contribution in [0, 0.1) is 0 Å². The molecule has 0 saturated carbocycles. The summed E-state index contributed by atoms with van der Waals surface area (Å²) in [6, 6.07) is 8.60. The Hall–Kier alpha value is -2.82. The van der Waals surface area contributed by atoms with Crippen LogP contribution < -0.4 is 4.74 Å². The fraction of sp³-hybridized carbons (Fsp3) is 0.300. The highest BCUT2D eigenvalue weighted by Crippen LogP contribution is 2.38. The van der Waals surface area contributed by atoms with E-state index in [1.54, 1.807) is 18.2 Å². The summed E-state index contributed by atoms with van der Waals surface area (Å²) in [5, 5.41) is 68.5. The highest BCUT2D eigenvalue weighted by atomic mass is 16.7. The standard InChI is InChI=1S/C20H22O9/c21-9-15-16(25)17(26)18(27)20(28-15)29-19-11(7-13(23)8-14(19)24)4-1-10-2-5-12(22)6-3-10/h1-8,15-18,20-27H,9H2/t15-,16-,17+,18-,20?/m1/s1. The van der Waals surface area contributed by atoms with E-state index < -0.39 is 43.1 Å². The number of aromatic hydroxyl groups is 3. The molecular weight excluding hydrogens is 384 g/mol. The maximum atomic E-state index is 10.2. The van der Waals surface area contributed by atoms with Crippen molar-refractivity contribution < 1.29 is 45.2 Å². The van der Waals surface area contributed by atoms with Gasteiger partial charge in [-0.25, -0.2) is 0 Å². The minimum atomic E-state index is -1.66. The summed E-state index contributed by atoms with van der Waals surface area (Å²) in [6.07, 6.45) is -4.36. The van der Waals surface area contributed by atoms with E-state index in [1.165, 1.54) is 24.3 Å². The maximum absolute atomic E-state index is 10.2. The summed E-state index contributed by atoms with van der Waals surface area (Å²) in [6.45, 7) is -0.625. The summed E-state index contributed by atoms with van der Waals surface area (Å²) < 4.78 is 10.8. The minimum absolute atomic E-state index is 0.101. The van der Waals surface area contributed by atoms with Crippen molar-refractivity contribution in [3.63, 3.8) is 0 Å². The number of phenolic OH excluding ortho intramolecular Hbond substituents is 3. The Balaban J connectivity index is 1.89. The van der Waals surface area contributed by atoms with Crippen molar-refractivity contribution in [2.75, 3.05) is 6.61 Å². The lowest BCUT2D eigenvalue weighted by Crippen LogP contribution is -2.60. The molecule has 0 radical (unpaired) electrons. The second-order valence-corrected chi connectivity index (χ2v) is 6.62. The summed E-state index contributed by atoms with van der Waals surface area (Å²) in [5.74, 6) is -0.743. The molecule has 1 aliphatic heterocycles. The van der Waals surface area contributed by atoms with E-state index in [0.717, 1.165) is 6.07 Å². The first-order valence-electron chi connectivity index (χ1n) is 8.80. The van der Waals surface area contributed by atoms with Crippen molar-refractivity contribution in [1.29, 1.82) is 0 Å². The Morgan fingerprint density at radius 1 is 0.862 bits per heavy atom. The molecule has 2 aromatic rings. The molecule has 1 heterocycles. The van der Waals surface area contributed by atoms with Gasteiger partial charge in [0.1, 0.15) is 35.9 Å². The van der Waals surface area contributed by atoms with Gasteiger partial charge >= 0.3 is 0 Å². The molecule has 156 valence electrons. The second-order valence-electron chi connectivity index (χ2n) is 6.62. The van der Waals surface area contributed by atoms with Crippen molar-refractivity contribution >= 4 is 12.2 Å². The van der Waals surface area contributed by atoms with Crippen LogP contribution in [0.3, 0.4) is 0 Å². The average molecular weight is 406 g/mol. The largest absolute Gasteiger partial charge is 0.508 e. The molecule has 0 aliphatic carbocycles. The van der Waals surface area contributed by atoms with Gasteiger partial charge in [0, 0.05) is 11.6 Å². The Bertz CT molecular complexity index is 863. The number of hydrogen-bond donors (Lipinski definition) is 7. The first-order chi connectivity index (χ1) is 13.8. The van der Waals surface area contributed by atoms with Gasteiger partial charge < -0.3 is 45.2 Å². The molecule has 7 N–H and O–H groups in total. The van der Waals surface area contributed by atoms with Gasteiger partial charge in [-0.2, -0.15) is 0 Å². The summed E-state index contributed by atoms with van der Waals surface area (Å²) in [7, 11) is 0. The lowest BCUT2D eigenvalue weighted by atomic mass is 9.99. The molecule has 1 aliphatic rings. The van der Waals surface area contributed by atoms with Crippen molar-refractivity contribution in [3.05, 3.63) is 47.5 Å². The Morgan fingerprint density at radius 3 is 2.21 bits per heavy atom. The Morgan fingerprint density at radius 2 is 1.55 bits per heavy atom. The molecule has 9 heteroatoms. The first-order valence-corrected chi connectivity index (χ1v) is 8.80. The highest BCUT2D eigenvalue weighted by molar-refractivity contribution is 5.75. The number of hydrogen-bond acceptors (Lipinski definition) is 9. The van der Waals surface area contributed by atoms with Crippen LogP contribution in [-0.2, 0) is 4.74 Å². The predicted octanol–water partition coefficient (Wildman–Crippen LogP) is 0.152. The molecule has 0 amide bonds. The summed E-state index contributed by atoms with van der Waals surface area (Å²) >= 11 is 0. The third kappa shape index (κ3) is 4.61. The monoisotopic (exact) mass is 406 g/mol. The van der Waals surface area contributed by atoms with Crippen LogP contribution in [0.5, 0.6) is 23.0 Å². The molecule has 2 aromatic carbocycles. The molecule has 9 nitrogen and oxygen atoms in total. The normalized spacial score (nSPS) is 27.2. The van der Waals surface area contributed by atoms with Crippen LogP contribution >= 0.6 is 0 Å². The zero-order chi connectivity index (χ0) is 21.1. The molecule has 0 aromatic heterocycles. The quantitative estimate of drug-likeness (QED) is 0.343.